The van der Waals surface area contributed by atoms with Gasteiger partial charge in [0.05, 0.1) is 18.0 Å². The highest BCUT2D eigenvalue weighted by Gasteiger charge is 2.47. The number of carbonyl (C=O) groups excluding carboxylic acids is 1. The van der Waals surface area contributed by atoms with Crippen molar-refractivity contribution >= 4 is 23.4 Å². The van der Waals surface area contributed by atoms with Crippen molar-refractivity contribution in [2.24, 2.45) is 0 Å². The molecule has 2 unspecified atom stereocenters. The molecule has 0 saturated carbocycles. The van der Waals surface area contributed by atoms with Gasteiger partial charge in [0.2, 0.25) is 5.91 Å². The van der Waals surface area contributed by atoms with Crippen molar-refractivity contribution in [1.29, 1.82) is 0 Å². The second-order valence-electron chi connectivity index (χ2n) is 6.78. The first-order valence-corrected chi connectivity index (χ1v) is 10.1. The molecule has 1 aromatic rings. The van der Waals surface area contributed by atoms with E-state index in [0.717, 1.165) is 56.9 Å². The number of unbranched alkanes of at least 4 members (excludes halogenated alkanes) is 1. The Hall–Kier alpha value is -1.40. The lowest BCUT2D eigenvalue weighted by Crippen LogP contribution is -2.60. The molecule has 5 nitrogen and oxygen atoms in total. The second-order valence-corrected chi connectivity index (χ2v) is 8.40. The average Bonchev–Trinajstić information content (AvgIpc) is 2.95. The van der Waals surface area contributed by atoms with Crippen molar-refractivity contribution in [3.63, 3.8) is 0 Å². The Labute approximate surface area is 155 Å². The molecule has 1 N–H and O–H groups in total. The maximum absolute atomic E-state index is 12.2. The first kappa shape index (κ1) is 18.4. The second kappa shape index (κ2) is 7.87. The van der Waals surface area contributed by atoms with Gasteiger partial charge in [0, 0.05) is 26.2 Å². The third kappa shape index (κ3) is 3.75. The minimum atomic E-state index is -0.223. The topological polar surface area (TPSA) is 44.8 Å². The van der Waals surface area contributed by atoms with Crippen LogP contribution in [0.2, 0.25) is 0 Å². The maximum Gasteiger partial charge on any atom is 0.235 e. The summed E-state index contributed by atoms with van der Waals surface area (Å²) in [6, 6.07) is 8.20. The normalized spacial score (nSPS) is 27.4. The summed E-state index contributed by atoms with van der Waals surface area (Å²) in [6.45, 7) is 8.00. The van der Waals surface area contributed by atoms with E-state index in [9.17, 15) is 4.79 Å². The van der Waals surface area contributed by atoms with E-state index in [1.165, 1.54) is 0 Å². The molecule has 1 aromatic carbocycles. The number of nitrogens with zero attached hydrogens (tertiary/aromatic N) is 2. The van der Waals surface area contributed by atoms with E-state index >= 15 is 0 Å². The minimum absolute atomic E-state index is 0.0316. The highest BCUT2D eigenvalue weighted by Crippen LogP contribution is 2.41. The number of ether oxygens (including phenoxy) is 1. The number of anilines is 1. The van der Waals surface area contributed by atoms with Crippen LogP contribution in [-0.4, -0.2) is 54.3 Å². The molecular formula is C19H29N3O2S. The van der Waals surface area contributed by atoms with Crippen LogP contribution in [0.3, 0.4) is 0 Å². The van der Waals surface area contributed by atoms with Crippen LogP contribution in [0.5, 0.6) is 5.75 Å². The molecule has 6 heteroatoms. The van der Waals surface area contributed by atoms with E-state index in [-0.39, 0.29) is 16.2 Å². The number of benzene rings is 1. The third-order valence-corrected chi connectivity index (χ3v) is 6.67. The number of carbonyl (C=O) groups is 1. The Morgan fingerprint density at radius 3 is 2.60 bits per heavy atom. The number of para-hydroxylation sites is 2. The number of thioether (sulfide) groups is 1. The van der Waals surface area contributed by atoms with Crippen LogP contribution in [0.25, 0.3) is 0 Å². The summed E-state index contributed by atoms with van der Waals surface area (Å²) < 4.78 is 5.51. The SMILES string of the molecule is CCCCC1(N2CCN(c3ccccc3OC)CC2)NC(=O)C(C)S1. The summed E-state index contributed by atoms with van der Waals surface area (Å²) in [4.78, 5) is 16.8. The lowest BCUT2D eigenvalue weighted by molar-refractivity contribution is -0.121. The highest BCUT2D eigenvalue weighted by atomic mass is 32.2. The van der Waals surface area contributed by atoms with Gasteiger partial charge in [0.1, 0.15) is 10.7 Å². The molecule has 0 aromatic heterocycles. The van der Waals surface area contributed by atoms with Crippen molar-refractivity contribution in [1.82, 2.24) is 10.2 Å². The van der Waals surface area contributed by atoms with Gasteiger partial charge in [0.25, 0.3) is 0 Å². The molecule has 138 valence electrons. The van der Waals surface area contributed by atoms with E-state index in [2.05, 4.69) is 34.2 Å². The van der Waals surface area contributed by atoms with Crippen LogP contribution < -0.4 is 15.0 Å². The molecular weight excluding hydrogens is 334 g/mol. The number of nitrogens with one attached hydrogen (secondary N) is 1. The number of methoxy groups -OCH3 is 1. The molecule has 2 atom stereocenters. The first-order chi connectivity index (χ1) is 12.1. The summed E-state index contributed by atoms with van der Waals surface area (Å²) in [7, 11) is 1.72. The molecule has 2 saturated heterocycles. The first-order valence-electron chi connectivity index (χ1n) is 9.22. The Kier molecular flexibility index (Phi) is 5.79. The van der Waals surface area contributed by atoms with Crippen LogP contribution in [0, 0.1) is 0 Å². The molecule has 0 spiro atoms. The monoisotopic (exact) mass is 363 g/mol. The zero-order valence-electron chi connectivity index (χ0n) is 15.5. The van der Waals surface area contributed by atoms with Gasteiger partial charge in [-0.15, -0.1) is 11.8 Å². The van der Waals surface area contributed by atoms with E-state index in [1.807, 2.05) is 19.1 Å². The lowest BCUT2D eigenvalue weighted by Gasteiger charge is -2.45. The quantitative estimate of drug-likeness (QED) is 0.842. The number of hydrogen-bond acceptors (Lipinski definition) is 5. The van der Waals surface area contributed by atoms with Gasteiger partial charge in [-0.05, 0) is 31.9 Å². The van der Waals surface area contributed by atoms with Gasteiger partial charge in [0.15, 0.2) is 0 Å². The fourth-order valence-electron chi connectivity index (χ4n) is 3.72. The standard InChI is InChI=1S/C19H29N3O2S/c1-4-5-10-19(20-18(23)15(2)25-19)22-13-11-21(12-14-22)16-8-6-7-9-17(16)24-3/h6-9,15H,4-5,10-14H2,1-3H3,(H,20,23). The zero-order chi connectivity index (χ0) is 17.9. The third-order valence-electron chi connectivity index (χ3n) is 5.15. The summed E-state index contributed by atoms with van der Waals surface area (Å²) >= 11 is 1.79. The van der Waals surface area contributed by atoms with Gasteiger partial charge in [-0.2, -0.15) is 0 Å². The van der Waals surface area contributed by atoms with E-state index in [1.54, 1.807) is 18.9 Å². The molecule has 2 heterocycles. The fourth-order valence-corrected chi connectivity index (χ4v) is 5.22. The van der Waals surface area contributed by atoms with Gasteiger partial charge in [-0.1, -0.05) is 25.5 Å². The van der Waals surface area contributed by atoms with E-state index in [0.29, 0.717) is 0 Å². The van der Waals surface area contributed by atoms with Gasteiger partial charge in [-0.25, -0.2) is 0 Å². The molecule has 2 fully saturated rings. The smallest absolute Gasteiger partial charge is 0.235 e. The van der Waals surface area contributed by atoms with Crippen molar-refractivity contribution in [3.05, 3.63) is 24.3 Å². The molecule has 0 radical (unpaired) electrons. The molecule has 25 heavy (non-hydrogen) atoms. The summed E-state index contributed by atoms with van der Waals surface area (Å²) in [5.74, 6) is 1.10. The van der Waals surface area contributed by atoms with Crippen molar-refractivity contribution < 1.29 is 9.53 Å². The van der Waals surface area contributed by atoms with Crippen LogP contribution in [-0.2, 0) is 4.79 Å². The molecule has 2 aliphatic rings. The molecule has 3 rings (SSSR count). The minimum Gasteiger partial charge on any atom is -0.495 e. The number of amides is 1. The summed E-state index contributed by atoms with van der Waals surface area (Å²) in [5, 5.41) is 3.34. The molecule has 0 aliphatic carbocycles. The zero-order valence-corrected chi connectivity index (χ0v) is 16.3. The summed E-state index contributed by atoms with van der Waals surface area (Å²) in [6.07, 6.45) is 3.29. The van der Waals surface area contributed by atoms with Gasteiger partial charge < -0.3 is 15.0 Å². The van der Waals surface area contributed by atoms with Crippen molar-refractivity contribution in [3.8, 4) is 5.75 Å². The Morgan fingerprint density at radius 2 is 2.00 bits per heavy atom. The lowest BCUT2D eigenvalue weighted by atomic mass is 10.1. The van der Waals surface area contributed by atoms with E-state index < -0.39 is 0 Å². The largest absolute Gasteiger partial charge is 0.495 e. The average molecular weight is 364 g/mol. The van der Waals surface area contributed by atoms with Crippen LogP contribution in [0.4, 0.5) is 5.69 Å². The predicted molar refractivity (Wildman–Crippen MR) is 104 cm³/mol. The number of rotatable bonds is 6. The highest BCUT2D eigenvalue weighted by molar-refractivity contribution is 8.02. The molecule has 0 bridgehead atoms. The fraction of sp³-hybridized carbons (Fsp3) is 0.632. The van der Waals surface area contributed by atoms with Crippen LogP contribution in [0.15, 0.2) is 24.3 Å². The number of hydrogen-bond donors (Lipinski definition) is 1. The number of piperazine rings is 1. The Bertz CT molecular complexity index is 604. The van der Waals surface area contributed by atoms with Crippen LogP contribution in [0.1, 0.15) is 33.1 Å². The van der Waals surface area contributed by atoms with Crippen LogP contribution >= 0.6 is 11.8 Å². The van der Waals surface area contributed by atoms with Crippen molar-refractivity contribution in [2.75, 3.05) is 38.2 Å². The molecule has 2 aliphatic heterocycles. The molecule has 1 amide bonds. The van der Waals surface area contributed by atoms with Gasteiger partial charge >= 0.3 is 0 Å². The van der Waals surface area contributed by atoms with Gasteiger partial charge in [-0.3, -0.25) is 9.69 Å². The van der Waals surface area contributed by atoms with E-state index in [4.69, 9.17) is 4.74 Å². The van der Waals surface area contributed by atoms with Crippen molar-refractivity contribution in [2.45, 2.75) is 43.4 Å². The summed E-state index contributed by atoms with van der Waals surface area (Å²) in [5.41, 5.74) is 1.16. The Balaban J connectivity index is 1.70. The Morgan fingerprint density at radius 1 is 1.28 bits per heavy atom. The predicted octanol–water partition coefficient (Wildman–Crippen LogP) is 2.91. The maximum atomic E-state index is 12.2.